The Balaban J connectivity index is 2.18. The number of anilines is 1. The molecule has 0 aliphatic carbocycles. The van der Waals surface area contributed by atoms with Gasteiger partial charge in [0.15, 0.2) is 0 Å². The second-order valence-corrected chi connectivity index (χ2v) is 4.57. The Hall–Kier alpha value is -1.77. The SMILES string of the molecule is CCc1ccc(NC2=NC=CCC2CC)c(O)c1. The summed E-state index contributed by atoms with van der Waals surface area (Å²) in [6.45, 7) is 4.23. The molecule has 18 heavy (non-hydrogen) atoms. The number of hydrogen-bond donors (Lipinski definition) is 2. The molecule has 1 aromatic rings. The van der Waals surface area contributed by atoms with E-state index in [1.54, 1.807) is 0 Å². The average molecular weight is 244 g/mol. The molecule has 0 saturated carbocycles. The zero-order valence-electron chi connectivity index (χ0n) is 11.0. The largest absolute Gasteiger partial charge is 0.506 e. The van der Waals surface area contributed by atoms with Crippen LogP contribution in [-0.2, 0) is 6.42 Å². The second kappa shape index (κ2) is 5.71. The van der Waals surface area contributed by atoms with Crippen molar-refractivity contribution in [2.24, 2.45) is 10.9 Å². The number of benzene rings is 1. The minimum absolute atomic E-state index is 0.293. The molecule has 0 amide bonds. The summed E-state index contributed by atoms with van der Waals surface area (Å²) in [5.74, 6) is 1.65. The number of hydrogen-bond acceptors (Lipinski definition) is 3. The first-order chi connectivity index (χ1) is 8.74. The van der Waals surface area contributed by atoms with Crippen LogP contribution in [0.2, 0.25) is 0 Å². The molecule has 0 spiro atoms. The lowest BCUT2D eigenvalue weighted by molar-refractivity contribution is 0.477. The first-order valence-electron chi connectivity index (χ1n) is 6.56. The van der Waals surface area contributed by atoms with E-state index in [-0.39, 0.29) is 0 Å². The van der Waals surface area contributed by atoms with Crippen molar-refractivity contribution < 1.29 is 5.11 Å². The topological polar surface area (TPSA) is 44.6 Å². The summed E-state index contributed by atoms with van der Waals surface area (Å²) in [6.07, 6.45) is 6.89. The number of allylic oxidation sites excluding steroid dienone is 1. The summed E-state index contributed by atoms with van der Waals surface area (Å²) in [7, 11) is 0. The van der Waals surface area contributed by atoms with E-state index >= 15 is 0 Å². The highest BCUT2D eigenvalue weighted by Gasteiger charge is 2.16. The lowest BCUT2D eigenvalue weighted by Crippen LogP contribution is -2.23. The van der Waals surface area contributed by atoms with Gasteiger partial charge in [0.25, 0.3) is 0 Å². The summed E-state index contributed by atoms with van der Waals surface area (Å²) in [5.41, 5.74) is 1.87. The number of aryl methyl sites for hydroxylation is 1. The quantitative estimate of drug-likeness (QED) is 0.796. The van der Waals surface area contributed by atoms with Crippen LogP contribution in [0.3, 0.4) is 0 Å². The van der Waals surface area contributed by atoms with Crippen LogP contribution >= 0.6 is 0 Å². The summed E-state index contributed by atoms with van der Waals surface area (Å²) >= 11 is 0. The number of amidine groups is 1. The normalized spacial score (nSPS) is 18.6. The van der Waals surface area contributed by atoms with Crippen LogP contribution in [0.15, 0.2) is 35.5 Å². The van der Waals surface area contributed by atoms with Crippen molar-refractivity contribution in [1.29, 1.82) is 0 Å². The van der Waals surface area contributed by atoms with Gasteiger partial charge in [-0.25, -0.2) is 4.99 Å². The summed E-state index contributed by atoms with van der Waals surface area (Å²) in [4.78, 5) is 4.37. The molecule has 0 bridgehead atoms. The van der Waals surface area contributed by atoms with Gasteiger partial charge in [-0.1, -0.05) is 26.0 Å². The predicted molar refractivity (Wildman–Crippen MR) is 76.1 cm³/mol. The van der Waals surface area contributed by atoms with Gasteiger partial charge in [0.2, 0.25) is 0 Å². The van der Waals surface area contributed by atoms with Gasteiger partial charge in [-0.2, -0.15) is 0 Å². The molecule has 1 aromatic carbocycles. The fourth-order valence-corrected chi connectivity index (χ4v) is 2.11. The van der Waals surface area contributed by atoms with E-state index in [2.05, 4.69) is 30.2 Å². The van der Waals surface area contributed by atoms with Crippen LogP contribution in [0.5, 0.6) is 5.75 Å². The third kappa shape index (κ3) is 2.73. The van der Waals surface area contributed by atoms with Crippen LogP contribution in [-0.4, -0.2) is 10.9 Å². The molecule has 3 heteroatoms. The van der Waals surface area contributed by atoms with Gasteiger partial charge in [0.1, 0.15) is 11.6 Å². The molecule has 2 rings (SSSR count). The van der Waals surface area contributed by atoms with E-state index < -0.39 is 0 Å². The molecule has 2 N–H and O–H groups in total. The van der Waals surface area contributed by atoms with Crippen molar-refractivity contribution in [3.8, 4) is 5.75 Å². The van der Waals surface area contributed by atoms with Crippen molar-refractivity contribution in [3.63, 3.8) is 0 Å². The molecule has 1 heterocycles. The molecule has 0 aromatic heterocycles. The Morgan fingerprint density at radius 3 is 2.89 bits per heavy atom. The van der Waals surface area contributed by atoms with Gasteiger partial charge in [0.05, 0.1) is 5.69 Å². The van der Waals surface area contributed by atoms with E-state index in [1.165, 1.54) is 0 Å². The average Bonchev–Trinajstić information content (AvgIpc) is 2.41. The molecule has 96 valence electrons. The van der Waals surface area contributed by atoms with Gasteiger partial charge < -0.3 is 10.4 Å². The number of nitrogens with one attached hydrogen (secondary N) is 1. The third-order valence-electron chi connectivity index (χ3n) is 3.35. The van der Waals surface area contributed by atoms with Crippen molar-refractivity contribution in [2.45, 2.75) is 33.1 Å². The first kappa shape index (κ1) is 12.7. The van der Waals surface area contributed by atoms with Crippen LogP contribution < -0.4 is 5.32 Å². The molecule has 1 aliphatic rings. The fraction of sp³-hybridized carbons (Fsp3) is 0.400. The van der Waals surface area contributed by atoms with Gasteiger partial charge in [-0.3, -0.25) is 0 Å². The predicted octanol–water partition coefficient (Wildman–Crippen LogP) is 3.71. The van der Waals surface area contributed by atoms with E-state index in [4.69, 9.17) is 0 Å². The van der Waals surface area contributed by atoms with Crippen LogP contribution in [0, 0.1) is 5.92 Å². The Labute approximate surface area is 108 Å². The standard InChI is InChI=1S/C15H20N2O/c1-3-11-7-8-13(14(18)10-11)17-15-12(4-2)6-5-9-16-15/h5,7-10,12,18H,3-4,6H2,1-2H3,(H,16,17). The maximum absolute atomic E-state index is 9.98. The number of rotatable bonds is 3. The highest BCUT2D eigenvalue weighted by atomic mass is 16.3. The number of nitrogens with zero attached hydrogens (tertiary/aromatic N) is 1. The Kier molecular flexibility index (Phi) is 4.03. The number of aromatic hydroxyl groups is 1. The third-order valence-corrected chi connectivity index (χ3v) is 3.35. The molecular formula is C15H20N2O. The lowest BCUT2D eigenvalue weighted by atomic mass is 9.99. The zero-order chi connectivity index (χ0) is 13.0. The number of phenols is 1. The van der Waals surface area contributed by atoms with Crippen molar-refractivity contribution in [3.05, 3.63) is 36.0 Å². The summed E-state index contributed by atoms with van der Waals surface area (Å²) < 4.78 is 0. The molecular weight excluding hydrogens is 224 g/mol. The summed E-state index contributed by atoms with van der Waals surface area (Å²) in [6, 6.07) is 5.76. The maximum Gasteiger partial charge on any atom is 0.139 e. The summed E-state index contributed by atoms with van der Waals surface area (Å²) in [5, 5.41) is 13.2. The van der Waals surface area contributed by atoms with Crippen LogP contribution in [0.4, 0.5) is 5.69 Å². The van der Waals surface area contributed by atoms with Crippen molar-refractivity contribution >= 4 is 11.5 Å². The molecule has 1 atom stereocenters. The van der Waals surface area contributed by atoms with E-state index in [0.29, 0.717) is 11.7 Å². The fourth-order valence-electron chi connectivity index (χ4n) is 2.11. The molecule has 0 radical (unpaired) electrons. The molecule has 1 unspecified atom stereocenters. The molecule has 0 saturated heterocycles. The minimum Gasteiger partial charge on any atom is -0.506 e. The van der Waals surface area contributed by atoms with Crippen molar-refractivity contribution in [1.82, 2.24) is 0 Å². The highest BCUT2D eigenvalue weighted by molar-refractivity contribution is 5.99. The number of aliphatic imine (C=N–C) groups is 1. The van der Waals surface area contributed by atoms with Crippen LogP contribution in [0.1, 0.15) is 32.3 Å². The monoisotopic (exact) mass is 244 g/mol. The zero-order valence-corrected chi connectivity index (χ0v) is 11.0. The van der Waals surface area contributed by atoms with E-state index in [1.807, 2.05) is 24.4 Å². The molecule has 0 fully saturated rings. The highest BCUT2D eigenvalue weighted by Crippen LogP contribution is 2.27. The molecule has 3 nitrogen and oxygen atoms in total. The smallest absolute Gasteiger partial charge is 0.139 e. The minimum atomic E-state index is 0.293. The van der Waals surface area contributed by atoms with Gasteiger partial charge in [0, 0.05) is 12.1 Å². The first-order valence-corrected chi connectivity index (χ1v) is 6.56. The number of phenolic OH excluding ortho intramolecular Hbond substituents is 1. The van der Waals surface area contributed by atoms with Gasteiger partial charge >= 0.3 is 0 Å². The Morgan fingerprint density at radius 2 is 2.22 bits per heavy atom. The lowest BCUT2D eigenvalue weighted by Gasteiger charge is -2.20. The maximum atomic E-state index is 9.98. The van der Waals surface area contributed by atoms with Gasteiger partial charge in [-0.15, -0.1) is 0 Å². The van der Waals surface area contributed by atoms with Gasteiger partial charge in [-0.05, 0) is 37.0 Å². The van der Waals surface area contributed by atoms with Crippen LogP contribution in [0.25, 0.3) is 0 Å². The molecule has 1 aliphatic heterocycles. The second-order valence-electron chi connectivity index (χ2n) is 4.57. The van der Waals surface area contributed by atoms with E-state index in [0.717, 1.165) is 36.3 Å². The Bertz CT molecular complexity index is 477. The van der Waals surface area contributed by atoms with E-state index in [9.17, 15) is 5.11 Å². The van der Waals surface area contributed by atoms with Crippen molar-refractivity contribution in [2.75, 3.05) is 5.32 Å². The Morgan fingerprint density at radius 1 is 1.39 bits per heavy atom.